The van der Waals surface area contributed by atoms with E-state index in [0.717, 1.165) is 25.3 Å². The number of carbonyl (C=O) groups excluding carboxylic acids is 1. The van der Waals surface area contributed by atoms with Crippen LogP contribution in [0.15, 0.2) is 0 Å². The minimum Gasteiger partial charge on any atom is -0.383 e. The lowest BCUT2D eigenvalue weighted by Gasteiger charge is -2.30. The van der Waals surface area contributed by atoms with Gasteiger partial charge in [-0.05, 0) is 51.2 Å². The van der Waals surface area contributed by atoms with Crippen molar-refractivity contribution in [1.29, 1.82) is 0 Å². The number of ether oxygens (including phenoxy) is 1. The molecule has 1 aliphatic heterocycles. The van der Waals surface area contributed by atoms with Gasteiger partial charge in [-0.15, -0.1) is 0 Å². The molecule has 2 amide bonds. The van der Waals surface area contributed by atoms with E-state index in [1.54, 1.807) is 7.11 Å². The monoisotopic (exact) mass is 271 g/mol. The molecule has 0 atom stereocenters. The molecule has 5 heteroatoms. The van der Waals surface area contributed by atoms with Gasteiger partial charge in [-0.1, -0.05) is 6.92 Å². The first kappa shape index (κ1) is 16.2. The molecule has 2 N–H and O–H groups in total. The fourth-order valence-corrected chi connectivity index (χ4v) is 2.28. The van der Waals surface area contributed by atoms with E-state index in [2.05, 4.69) is 22.5 Å². The number of amides is 2. The third kappa shape index (κ3) is 8.06. The quantitative estimate of drug-likeness (QED) is 0.657. The van der Waals surface area contributed by atoms with E-state index in [9.17, 15) is 4.79 Å². The van der Waals surface area contributed by atoms with Crippen LogP contribution in [0.2, 0.25) is 0 Å². The van der Waals surface area contributed by atoms with E-state index < -0.39 is 0 Å². The van der Waals surface area contributed by atoms with Crippen LogP contribution >= 0.6 is 0 Å². The molecule has 1 saturated heterocycles. The van der Waals surface area contributed by atoms with Crippen molar-refractivity contribution in [1.82, 2.24) is 15.5 Å². The van der Waals surface area contributed by atoms with Crippen molar-refractivity contribution in [2.45, 2.75) is 32.6 Å². The minimum atomic E-state index is -0.0937. The van der Waals surface area contributed by atoms with Crippen molar-refractivity contribution < 1.29 is 9.53 Å². The Kier molecular flexibility index (Phi) is 8.58. The lowest BCUT2D eigenvalue weighted by Crippen LogP contribution is -2.38. The summed E-state index contributed by atoms with van der Waals surface area (Å²) in [6.07, 6.45) is 4.87. The molecule has 112 valence electrons. The minimum absolute atomic E-state index is 0.0937. The molecule has 0 radical (unpaired) electrons. The fourth-order valence-electron chi connectivity index (χ4n) is 2.28. The highest BCUT2D eigenvalue weighted by molar-refractivity contribution is 5.73. The van der Waals surface area contributed by atoms with Crippen LogP contribution in [0.1, 0.15) is 32.6 Å². The lowest BCUT2D eigenvalue weighted by molar-refractivity contribution is 0.189. The maximum Gasteiger partial charge on any atom is 0.314 e. The second kappa shape index (κ2) is 10.0. The standard InChI is InChI=1S/C14H29N3O2/c1-13-5-10-17(11-6-13)9-4-3-7-15-14(18)16-8-12-19-2/h13H,3-12H2,1-2H3,(H2,15,16,18). The SMILES string of the molecule is COCCNC(=O)NCCCCN1CCC(C)CC1. The van der Waals surface area contributed by atoms with Gasteiger partial charge in [-0.25, -0.2) is 4.79 Å². The Bertz CT molecular complexity index is 241. The predicted molar refractivity (Wildman–Crippen MR) is 77.3 cm³/mol. The summed E-state index contributed by atoms with van der Waals surface area (Å²) in [5.74, 6) is 0.897. The van der Waals surface area contributed by atoms with Gasteiger partial charge in [0.15, 0.2) is 0 Å². The van der Waals surface area contributed by atoms with Crippen LogP contribution in [0.5, 0.6) is 0 Å². The Hall–Kier alpha value is -0.810. The molecule has 0 aromatic heterocycles. The van der Waals surface area contributed by atoms with Crippen LogP contribution in [-0.2, 0) is 4.74 Å². The number of unbranched alkanes of at least 4 members (excludes halogenated alkanes) is 1. The van der Waals surface area contributed by atoms with Gasteiger partial charge in [0, 0.05) is 20.2 Å². The summed E-state index contributed by atoms with van der Waals surface area (Å²) < 4.78 is 4.86. The van der Waals surface area contributed by atoms with Gasteiger partial charge in [-0.3, -0.25) is 0 Å². The van der Waals surface area contributed by atoms with Crippen LogP contribution in [0.25, 0.3) is 0 Å². The Morgan fingerprint density at radius 3 is 2.58 bits per heavy atom. The number of hydrogen-bond acceptors (Lipinski definition) is 3. The Morgan fingerprint density at radius 2 is 1.89 bits per heavy atom. The number of rotatable bonds is 8. The fraction of sp³-hybridized carbons (Fsp3) is 0.929. The van der Waals surface area contributed by atoms with Gasteiger partial charge >= 0.3 is 6.03 Å². The number of nitrogens with zero attached hydrogens (tertiary/aromatic N) is 1. The van der Waals surface area contributed by atoms with E-state index in [0.29, 0.717) is 13.2 Å². The molecule has 0 unspecified atom stereocenters. The lowest BCUT2D eigenvalue weighted by atomic mass is 9.99. The van der Waals surface area contributed by atoms with E-state index in [-0.39, 0.29) is 6.03 Å². The highest BCUT2D eigenvalue weighted by Gasteiger charge is 2.14. The Balaban J connectivity index is 1.89. The molecule has 0 aromatic rings. The number of methoxy groups -OCH3 is 1. The molecule has 0 aliphatic carbocycles. The zero-order chi connectivity index (χ0) is 13.9. The zero-order valence-electron chi connectivity index (χ0n) is 12.4. The van der Waals surface area contributed by atoms with Crippen LogP contribution in [0, 0.1) is 5.92 Å². The maximum absolute atomic E-state index is 11.3. The highest BCUT2D eigenvalue weighted by atomic mass is 16.5. The predicted octanol–water partition coefficient (Wildman–Crippen LogP) is 1.44. The molecular weight excluding hydrogens is 242 g/mol. The molecule has 1 heterocycles. The van der Waals surface area contributed by atoms with Gasteiger partial charge in [0.1, 0.15) is 0 Å². The average Bonchev–Trinajstić information content (AvgIpc) is 2.41. The summed E-state index contributed by atoms with van der Waals surface area (Å²) in [5.41, 5.74) is 0. The van der Waals surface area contributed by atoms with Crippen LogP contribution in [-0.4, -0.2) is 57.4 Å². The molecule has 0 bridgehead atoms. The Morgan fingerprint density at radius 1 is 1.21 bits per heavy atom. The second-order valence-electron chi connectivity index (χ2n) is 5.41. The number of likely N-dealkylation sites (tertiary alicyclic amines) is 1. The number of nitrogens with one attached hydrogen (secondary N) is 2. The highest BCUT2D eigenvalue weighted by Crippen LogP contribution is 2.15. The van der Waals surface area contributed by atoms with Crippen molar-refractivity contribution in [3.8, 4) is 0 Å². The van der Waals surface area contributed by atoms with Crippen molar-refractivity contribution in [2.75, 3.05) is 46.4 Å². The number of hydrogen-bond donors (Lipinski definition) is 2. The first-order chi connectivity index (χ1) is 9.22. The second-order valence-corrected chi connectivity index (χ2v) is 5.41. The molecule has 1 aliphatic rings. The summed E-state index contributed by atoms with van der Waals surface area (Å²) in [4.78, 5) is 13.9. The van der Waals surface area contributed by atoms with Crippen molar-refractivity contribution in [3.05, 3.63) is 0 Å². The molecule has 0 spiro atoms. The van der Waals surface area contributed by atoms with E-state index in [1.165, 1.54) is 32.5 Å². The van der Waals surface area contributed by atoms with E-state index >= 15 is 0 Å². The maximum atomic E-state index is 11.3. The molecule has 5 nitrogen and oxygen atoms in total. The van der Waals surface area contributed by atoms with Gasteiger partial charge < -0.3 is 20.3 Å². The summed E-state index contributed by atoms with van der Waals surface area (Å²) >= 11 is 0. The topological polar surface area (TPSA) is 53.6 Å². The van der Waals surface area contributed by atoms with Gasteiger partial charge in [0.25, 0.3) is 0 Å². The number of piperidine rings is 1. The first-order valence-corrected chi connectivity index (χ1v) is 7.45. The first-order valence-electron chi connectivity index (χ1n) is 7.45. The zero-order valence-corrected chi connectivity index (χ0v) is 12.4. The van der Waals surface area contributed by atoms with Crippen molar-refractivity contribution in [3.63, 3.8) is 0 Å². The molecular formula is C14H29N3O2. The number of carbonyl (C=O) groups is 1. The summed E-state index contributed by atoms with van der Waals surface area (Å²) in [6.45, 7) is 7.86. The van der Waals surface area contributed by atoms with Crippen LogP contribution in [0.3, 0.4) is 0 Å². The summed E-state index contributed by atoms with van der Waals surface area (Å²) in [7, 11) is 1.63. The van der Waals surface area contributed by atoms with Gasteiger partial charge in [0.2, 0.25) is 0 Å². The molecule has 19 heavy (non-hydrogen) atoms. The van der Waals surface area contributed by atoms with Gasteiger partial charge in [0.05, 0.1) is 6.61 Å². The van der Waals surface area contributed by atoms with Gasteiger partial charge in [-0.2, -0.15) is 0 Å². The average molecular weight is 271 g/mol. The van der Waals surface area contributed by atoms with E-state index in [1.807, 2.05) is 0 Å². The molecule has 1 fully saturated rings. The molecule has 0 saturated carbocycles. The largest absolute Gasteiger partial charge is 0.383 e. The Labute approximate surface area is 117 Å². The van der Waals surface area contributed by atoms with Crippen molar-refractivity contribution in [2.24, 2.45) is 5.92 Å². The summed E-state index contributed by atoms with van der Waals surface area (Å²) in [5, 5.41) is 5.61. The normalized spacial score (nSPS) is 17.4. The molecule has 1 rings (SSSR count). The smallest absolute Gasteiger partial charge is 0.314 e. The third-order valence-electron chi connectivity index (χ3n) is 3.65. The van der Waals surface area contributed by atoms with Crippen LogP contribution in [0.4, 0.5) is 4.79 Å². The summed E-state index contributed by atoms with van der Waals surface area (Å²) in [6, 6.07) is -0.0937. The van der Waals surface area contributed by atoms with Crippen molar-refractivity contribution >= 4 is 6.03 Å². The third-order valence-corrected chi connectivity index (χ3v) is 3.65. The molecule has 0 aromatic carbocycles. The number of urea groups is 1. The van der Waals surface area contributed by atoms with Crippen LogP contribution < -0.4 is 10.6 Å². The van der Waals surface area contributed by atoms with E-state index in [4.69, 9.17) is 4.74 Å².